The van der Waals surface area contributed by atoms with Crippen molar-refractivity contribution in [3.05, 3.63) is 53.1 Å². The quantitative estimate of drug-likeness (QED) is 0.788. The van der Waals surface area contributed by atoms with E-state index >= 15 is 0 Å². The summed E-state index contributed by atoms with van der Waals surface area (Å²) < 4.78 is 10.9. The standard InChI is InChI=1S/C19H18ClNO4/c20-14-3-1-4-15(12-14)21-19(23)6-2-5-16(22)13-7-8-17-18(11-13)25-10-9-24-17/h1,3-4,7-8,11-12H,2,5-6,9-10H2,(H,21,23). The number of carbonyl (C=O) groups is 2. The van der Waals surface area contributed by atoms with E-state index in [2.05, 4.69) is 5.32 Å². The summed E-state index contributed by atoms with van der Waals surface area (Å²) in [7, 11) is 0. The third-order valence-electron chi connectivity index (χ3n) is 3.78. The topological polar surface area (TPSA) is 64.6 Å². The van der Waals surface area contributed by atoms with Gasteiger partial charge in [-0.2, -0.15) is 0 Å². The summed E-state index contributed by atoms with van der Waals surface area (Å²) in [5, 5.41) is 3.33. The van der Waals surface area contributed by atoms with Crippen LogP contribution in [-0.2, 0) is 4.79 Å². The van der Waals surface area contributed by atoms with Gasteiger partial charge in [-0.25, -0.2) is 0 Å². The number of benzene rings is 2. The number of nitrogens with one attached hydrogen (secondary N) is 1. The second-order valence-corrected chi connectivity index (χ2v) is 6.13. The smallest absolute Gasteiger partial charge is 0.224 e. The average Bonchev–Trinajstić information content (AvgIpc) is 2.61. The van der Waals surface area contributed by atoms with E-state index in [1.165, 1.54) is 0 Å². The summed E-state index contributed by atoms with van der Waals surface area (Å²) in [4.78, 5) is 24.2. The molecule has 2 aromatic carbocycles. The number of hydrogen-bond acceptors (Lipinski definition) is 4. The maximum absolute atomic E-state index is 12.3. The minimum absolute atomic E-state index is 0.0208. The summed E-state index contributed by atoms with van der Waals surface area (Å²) in [6.07, 6.45) is 1.03. The summed E-state index contributed by atoms with van der Waals surface area (Å²) in [6, 6.07) is 12.1. The van der Waals surface area contributed by atoms with E-state index in [9.17, 15) is 9.59 Å². The molecule has 1 aliphatic heterocycles. The maximum Gasteiger partial charge on any atom is 0.224 e. The molecule has 1 heterocycles. The molecule has 1 amide bonds. The van der Waals surface area contributed by atoms with Gasteiger partial charge in [0.2, 0.25) is 5.91 Å². The zero-order valence-electron chi connectivity index (χ0n) is 13.6. The number of fused-ring (bicyclic) bond motifs is 1. The number of ether oxygens (including phenoxy) is 2. The molecule has 0 unspecified atom stereocenters. The van der Waals surface area contributed by atoms with Crippen LogP contribution in [0.2, 0.25) is 5.02 Å². The molecule has 0 saturated heterocycles. The molecule has 5 nitrogen and oxygen atoms in total. The number of ketones is 1. The summed E-state index contributed by atoms with van der Waals surface area (Å²) in [6.45, 7) is 0.996. The molecule has 130 valence electrons. The highest BCUT2D eigenvalue weighted by molar-refractivity contribution is 6.30. The van der Waals surface area contributed by atoms with E-state index in [4.69, 9.17) is 21.1 Å². The van der Waals surface area contributed by atoms with Crippen LogP contribution in [-0.4, -0.2) is 24.9 Å². The van der Waals surface area contributed by atoms with Gasteiger partial charge in [-0.3, -0.25) is 9.59 Å². The fourth-order valence-electron chi connectivity index (χ4n) is 2.56. The van der Waals surface area contributed by atoms with Crippen molar-refractivity contribution in [3.8, 4) is 11.5 Å². The fraction of sp³-hybridized carbons (Fsp3) is 0.263. The molecule has 1 N–H and O–H groups in total. The number of rotatable bonds is 6. The fourth-order valence-corrected chi connectivity index (χ4v) is 2.75. The Kier molecular flexibility index (Phi) is 5.56. The number of halogens is 1. The second-order valence-electron chi connectivity index (χ2n) is 5.69. The maximum atomic E-state index is 12.3. The summed E-state index contributed by atoms with van der Waals surface area (Å²) in [5.41, 5.74) is 1.22. The van der Waals surface area contributed by atoms with Gasteiger partial charge in [0.05, 0.1) is 0 Å². The molecule has 0 bridgehead atoms. The number of hydrogen-bond donors (Lipinski definition) is 1. The van der Waals surface area contributed by atoms with E-state index in [1.807, 2.05) is 0 Å². The van der Waals surface area contributed by atoms with Gasteiger partial charge in [-0.1, -0.05) is 17.7 Å². The molecule has 25 heavy (non-hydrogen) atoms. The van der Waals surface area contributed by atoms with E-state index in [0.29, 0.717) is 53.8 Å². The van der Waals surface area contributed by atoms with E-state index < -0.39 is 0 Å². The number of amides is 1. The van der Waals surface area contributed by atoms with Gasteiger partial charge in [0, 0.05) is 29.1 Å². The zero-order chi connectivity index (χ0) is 17.6. The SMILES string of the molecule is O=C(CCCC(=O)c1ccc2c(c1)OCCO2)Nc1cccc(Cl)c1. The second kappa shape index (κ2) is 8.03. The summed E-state index contributed by atoms with van der Waals surface area (Å²) in [5.74, 6) is 1.09. The Bertz CT molecular complexity index is 791. The molecule has 0 aromatic heterocycles. The lowest BCUT2D eigenvalue weighted by atomic mass is 10.0. The molecule has 6 heteroatoms. The van der Waals surface area contributed by atoms with Gasteiger partial charge in [0.25, 0.3) is 0 Å². The molecule has 0 radical (unpaired) electrons. The van der Waals surface area contributed by atoms with Crippen LogP contribution in [0.3, 0.4) is 0 Å². The predicted molar refractivity (Wildman–Crippen MR) is 95.7 cm³/mol. The lowest BCUT2D eigenvalue weighted by Crippen LogP contribution is -2.16. The molecule has 0 fully saturated rings. The van der Waals surface area contributed by atoms with Crippen molar-refractivity contribution in [2.45, 2.75) is 19.3 Å². The Labute approximate surface area is 150 Å². The van der Waals surface area contributed by atoms with Gasteiger partial charge >= 0.3 is 0 Å². The third kappa shape index (κ3) is 4.73. The Morgan fingerprint density at radius 1 is 1.00 bits per heavy atom. The van der Waals surface area contributed by atoms with E-state index in [-0.39, 0.29) is 18.1 Å². The van der Waals surface area contributed by atoms with Gasteiger partial charge in [-0.05, 0) is 42.8 Å². The van der Waals surface area contributed by atoms with Crippen molar-refractivity contribution < 1.29 is 19.1 Å². The first-order chi connectivity index (χ1) is 12.1. The molecule has 0 spiro atoms. The largest absolute Gasteiger partial charge is 0.486 e. The minimum atomic E-state index is -0.141. The highest BCUT2D eigenvalue weighted by Crippen LogP contribution is 2.31. The number of carbonyl (C=O) groups excluding carboxylic acids is 2. The first-order valence-corrected chi connectivity index (χ1v) is 8.48. The van der Waals surface area contributed by atoms with Gasteiger partial charge in [0.15, 0.2) is 17.3 Å². The van der Waals surface area contributed by atoms with Crippen molar-refractivity contribution in [2.24, 2.45) is 0 Å². The summed E-state index contributed by atoms with van der Waals surface area (Å²) >= 11 is 5.88. The molecular weight excluding hydrogens is 342 g/mol. The monoisotopic (exact) mass is 359 g/mol. The Hall–Kier alpha value is -2.53. The predicted octanol–water partition coefficient (Wildman–Crippen LogP) is 4.10. The molecule has 3 rings (SSSR count). The van der Waals surface area contributed by atoms with Gasteiger partial charge in [0.1, 0.15) is 13.2 Å². The lowest BCUT2D eigenvalue weighted by Gasteiger charge is -2.18. The van der Waals surface area contributed by atoms with Crippen LogP contribution in [0.25, 0.3) is 0 Å². The normalized spacial score (nSPS) is 12.5. The van der Waals surface area contributed by atoms with Crippen molar-refractivity contribution >= 4 is 29.0 Å². The van der Waals surface area contributed by atoms with Gasteiger partial charge < -0.3 is 14.8 Å². The van der Waals surface area contributed by atoms with Crippen molar-refractivity contribution in [1.82, 2.24) is 0 Å². The average molecular weight is 360 g/mol. The molecule has 0 saturated carbocycles. The van der Waals surface area contributed by atoms with Crippen LogP contribution < -0.4 is 14.8 Å². The van der Waals surface area contributed by atoms with E-state index in [0.717, 1.165) is 0 Å². The Morgan fingerprint density at radius 3 is 2.60 bits per heavy atom. The molecule has 2 aromatic rings. The zero-order valence-corrected chi connectivity index (χ0v) is 14.3. The van der Waals surface area contributed by atoms with Crippen LogP contribution in [0.5, 0.6) is 11.5 Å². The number of Topliss-reactive ketones (excluding diaryl/α,β-unsaturated/α-hetero) is 1. The molecule has 0 atom stereocenters. The van der Waals surface area contributed by atoms with Crippen molar-refractivity contribution in [3.63, 3.8) is 0 Å². The molecular formula is C19H18ClNO4. The Morgan fingerprint density at radius 2 is 1.80 bits per heavy atom. The molecule has 0 aliphatic carbocycles. The highest BCUT2D eigenvalue weighted by Gasteiger charge is 2.15. The van der Waals surface area contributed by atoms with Crippen LogP contribution in [0, 0.1) is 0 Å². The third-order valence-corrected chi connectivity index (χ3v) is 4.02. The van der Waals surface area contributed by atoms with Crippen molar-refractivity contribution in [1.29, 1.82) is 0 Å². The highest BCUT2D eigenvalue weighted by atomic mass is 35.5. The van der Waals surface area contributed by atoms with Crippen molar-refractivity contribution in [2.75, 3.05) is 18.5 Å². The first-order valence-electron chi connectivity index (χ1n) is 8.10. The minimum Gasteiger partial charge on any atom is -0.486 e. The van der Waals surface area contributed by atoms with Crippen LogP contribution >= 0.6 is 11.6 Å². The molecule has 1 aliphatic rings. The van der Waals surface area contributed by atoms with Crippen LogP contribution in [0.1, 0.15) is 29.6 Å². The van der Waals surface area contributed by atoms with E-state index in [1.54, 1.807) is 42.5 Å². The van der Waals surface area contributed by atoms with Crippen LogP contribution in [0.15, 0.2) is 42.5 Å². The van der Waals surface area contributed by atoms with Gasteiger partial charge in [-0.15, -0.1) is 0 Å². The van der Waals surface area contributed by atoms with Crippen LogP contribution in [0.4, 0.5) is 5.69 Å². The Balaban J connectivity index is 1.48. The number of anilines is 1. The lowest BCUT2D eigenvalue weighted by molar-refractivity contribution is -0.116. The first kappa shape index (κ1) is 17.3.